The van der Waals surface area contributed by atoms with Crippen LogP contribution in [0.25, 0.3) is 0 Å². The van der Waals surface area contributed by atoms with Crippen molar-refractivity contribution in [2.75, 3.05) is 23.9 Å². The van der Waals surface area contributed by atoms with Gasteiger partial charge >= 0.3 is 0 Å². The zero-order valence-electron chi connectivity index (χ0n) is 18.2. The molecule has 0 unspecified atom stereocenters. The Bertz CT molecular complexity index is 1160. The second-order valence-electron chi connectivity index (χ2n) is 8.21. The lowest BCUT2D eigenvalue weighted by Gasteiger charge is -2.42. The number of anilines is 3. The maximum absolute atomic E-state index is 7.62. The van der Waals surface area contributed by atoms with Gasteiger partial charge in [-0.15, -0.1) is 24.0 Å². The largest absolute Gasteiger partial charge is 0.378 e. The monoisotopic (exact) mass is 460 g/mol. The molecule has 0 atom stereocenters. The standard InChI is InChI=1S/C28H25ClN2.ClH/c1-30(2)23-18-16-22(17-19-23)28(29)24-12-6-8-14-26(24)31(20-21-10-4-3-5-11-21)27-15-9-7-13-25(27)28;/h3-19H,20H2,1-2H3;1H. The highest BCUT2D eigenvalue weighted by Gasteiger charge is 2.43. The van der Waals surface area contributed by atoms with Crippen molar-refractivity contribution in [1.82, 2.24) is 0 Å². The number of benzene rings is 4. The van der Waals surface area contributed by atoms with E-state index in [2.05, 4.69) is 127 Å². The fourth-order valence-corrected chi connectivity index (χ4v) is 4.96. The van der Waals surface area contributed by atoms with E-state index in [0.717, 1.165) is 40.3 Å². The first-order valence-electron chi connectivity index (χ1n) is 10.6. The van der Waals surface area contributed by atoms with Gasteiger partial charge in [0, 0.05) is 48.8 Å². The molecule has 2 nitrogen and oxygen atoms in total. The fraction of sp³-hybridized carbons (Fsp3) is 0.143. The second kappa shape index (κ2) is 8.90. The topological polar surface area (TPSA) is 6.48 Å². The van der Waals surface area contributed by atoms with Crippen molar-refractivity contribution in [2.45, 2.75) is 11.4 Å². The molecule has 4 aromatic carbocycles. The van der Waals surface area contributed by atoms with Gasteiger partial charge < -0.3 is 9.80 Å². The van der Waals surface area contributed by atoms with Crippen LogP contribution in [0, 0.1) is 0 Å². The fourth-order valence-electron chi connectivity index (χ4n) is 4.51. The van der Waals surface area contributed by atoms with Gasteiger partial charge in [0.1, 0.15) is 4.87 Å². The maximum Gasteiger partial charge on any atom is 0.123 e. The zero-order chi connectivity index (χ0) is 21.4. The zero-order valence-corrected chi connectivity index (χ0v) is 19.8. The van der Waals surface area contributed by atoms with Gasteiger partial charge in [-0.25, -0.2) is 0 Å². The number of rotatable bonds is 4. The van der Waals surface area contributed by atoms with Crippen molar-refractivity contribution in [3.05, 3.63) is 125 Å². The third-order valence-electron chi connectivity index (χ3n) is 6.10. The Hall–Kier alpha value is -2.94. The van der Waals surface area contributed by atoms with E-state index in [4.69, 9.17) is 11.6 Å². The first-order valence-corrected chi connectivity index (χ1v) is 10.9. The van der Waals surface area contributed by atoms with Gasteiger partial charge in [0.25, 0.3) is 0 Å². The van der Waals surface area contributed by atoms with E-state index in [1.807, 2.05) is 0 Å². The summed E-state index contributed by atoms with van der Waals surface area (Å²) in [5.74, 6) is 0. The predicted octanol–water partition coefficient (Wildman–Crippen LogP) is 7.36. The van der Waals surface area contributed by atoms with Crippen LogP contribution in [-0.4, -0.2) is 14.1 Å². The lowest BCUT2D eigenvalue weighted by Crippen LogP contribution is -2.34. The molecule has 0 N–H and O–H groups in total. The Morgan fingerprint density at radius 2 is 1.19 bits per heavy atom. The number of hydrogen-bond donors (Lipinski definition) is 0. The minimum absolute atomic E-state index is 0. The summed E-state index contributed by atoms with van der Waals surface area (Å²) in [6.45, 7) is 0.793. The highest BCUT2D eigenvalue weighted by molar-refractivity contribution is 6.29. The summed E-state index contributed by atoms with van der Waals surface area (Å²) in [4.78, 5) is 3.75. The quantitative estimate of drug-likeness (QED) is 0.293. The van der Waals surface area contributed by atoms with Gasteiger partial charge in [0.15, 0.2) is 0 Å². The van der Waals surface area contributed by atoms with Crippen LogP contribution in [0.3, 0.4) is 0 Å². The Balaban J connectivity index is 0.00000245. The average Bonchev–Trinajstić information content (AvgIpc) is 2.82. The van der Waals surface area contributed by atoms with E-state index in [-0.39, 0.29) is 12.4 Å². The van der Waals surface area contributed by atoms with Gasteiger partial charge in [-0.05, 0) is 35.4 Å². The van der Waals surface area contributed by atoms with E-state index in [1.165, 1.54) is 5.56 Å². The first kappa shape index (κ1) is 22.3. The predicted molar refractivity (Wildman–Crippen MR) is 139 cm³/mol. The van der Waals surface area contributed by atoms with E-state index in [0.29, 0.717) is 0 Å². The van der Waals surface area contributed by atoms with E-state index >= 15 is 0 Å². The second-order valence-corrected chi connectivity index (χ2v) is 8.77. The molecule has 4 aromatic rings. The van der Waals surface area contributed by atoms with Crippen molar-refractivity contribution in [1.29, 1.82) is 0 Å². The molecule has 1 aliphatic heterocycles. The van der Waals surface area contributed by atoms with Crippen LogP contribution in [0.15, 0.2) is 103 Å². The van der Waals surface area contributed by atoms with Crippen molar-refractivity contribution in [3.8, 4) is 0 Å². The molecule has 162 valence electrons. The third-order valence-corrected chi connectivity index (χ3v) is 6.72. The highest BCUT2D eigenvalue weighted by atomic mass is 35.5. The number of nitrogens with zero attached hydrogens (tertiary/aromatic N) is 2. The van der Waals surface area contributed by atoms with E-state index < -0.39 is 4.87 Å². The van der Waals surface area contributed by atoms with Gasteiger partial charge in [-0.1, -0.05) is 78.9 Å². The van der Waals surface area contributed by atoms with Crippen LogP contribution in [-0.2, 0) is 11.4 Å². The van der Waals surface area contributed by atoms with Gasteiger partial charge in [0.2, 0.25) is 0 Å². The van der Waals surface area contributed by atoms with Crippen LogP contribution >= 0.6 is 24.0 Å². The molecule has 0 saturated carbocycles. The number of fused-ring (bicyclic) bond motifs is 2. The van der Waals surface area contributed by atoms with Gasteiger partial charge in [0.05, 0.1) is 0 Å². The van der Waals surface area contributed by atoms with E-state index in [1.54, 1.807) is 0 Å². The summed E-state index contributed by atoms with van der Waals surface area (Å²) in [5.41, 5.74) is 8.04. The van der Waals surface area contributed by atoms with Crippen molar-refractivity contribution < 1.29 is 0 Å². The number of hydrogen-bond acceptors (Lipinski definition) is 2. The summed E-state index contributed by atoms with van der Waals surface area (Å²) < 4.78 is 0. The molecule has 0 fully saturated rings. The van der Waals surface area contributed by atoms with E-state index in [9.17, 15) is 0 Å². The molecular formula is C28H26Cl2N2. The Kier molecular flexibility index (Phi) is 6.19. The molecule has 0 saturated heterocycles. The normalized spacial score (nSPS) is 13.5. The van der Waals surface area contributed by atoms with Crippen molar-refractivity contribution in [3.63, 3.8) is 0 Å². The van der Waals surface area contributed by atoms with Crippen LogP contribution in [0.4, 0.5) is 17.1 Å². The minimum atomic E-state index is -0.745. The molecule has 5 rings (SSSR count). The molecule has 0 spiro atoms. The molecule has 0 bridgehead atoms. The third kappa shape index (κ3) is 3.64. The Labute approximate surface area is 201 Å². The van der Waals surface area contributed by atoms with Gasteiger partial charge in [-0.2, -0.15) is 0 Å². The Morgan fingerprint density at radius 3 is 1.72 bits per heavy atom. The molecule has 0 aliphatic carbocycles. The number of alkyl halides is 1. The first-order chi connectivity index (χ1) is 15.1. The Morgan fingerprint density at radius 1 is 0.688 bits per heavy atom. The van der Waals surface area contributed by atoms with Crippen molar-refractivity contribution >= 4 is 41.1 Å². The summed E-state index contributed by atoms with van der Waals surface area (Å²) >= 11 is 7.62. The molecule has 32 heavy (non-hydrogen) atoms. The van der Waals surface area contributed by atoms with Crippen LogP contribution < -0.4 is 9.80 Å². The summed E-state index contributed by atoms with van der Waals surface area (Å²) in [6, 6.07) is 36.2. The highest BCUT2D eigenvalue weighted by Crippen LogP contribution is 2.55. The SMILES string of the molecule is CN(C)c1ccc(C2(Cl)c3ccccc3N(Cc3ccccc3)c3ccccc32)cc1.Cl. The lowest BCUT2D eigenvalue weighted by atomic mass is 9.79. The maximum atomic E-state index is 7.62. The lowest BCUT2D eigenvalue weighted by molar-refractivity contribution is 0.815. The molecular weight excluding hydrogens is 435 g/mol. The molecule has 4 heteroatoms. The van der Waals surface area contributed by atoms with Gasteiger partial charge in [-0.3, -0.25) is 0 Å². The number of halogens is 2. The molecule has 1 aliphatic rings. The van der Waals surface area contributed by atoms with Crippen LogP contribution in [0.5, 0.6) is 0 Å². The minimum Gasteiger partial charge on any atom is -0.378 e. The molecule has 0 radical (unpaired) electrons. The summed E-state index contributed by atoms with van der Waals surface area (Å²) in [7, 11) is 4.11. The molecule has 0 amide bonds. The van der Waals surface area contributed by atoms with Crippen molar-refractivity contribution in [2.24, 2.45) is 0 Å². The molecule has 1 heterocycles. The number of para-hydroxylation sites is 2. The van der Waals surface area contributed by atoms with Crippen LogP contribution in [0.2, 0.25) is 0 Å². The summed E-state index contributed by atoms with van der Waals surface area (Å²) in [6.07, 6.45) is 0. The van der Waals surface area contributed by atoms with Crippen LogP contribution in [0.1, 0.15) is 22.3 Å². The average molecular weight is 461 g/mol. The summed E-state index contributed by atoms with van der Waals surface area (Å²) in [5, 5.41) is 0. The smallest absolute Gasteiger partial charge is 0.123 e. The molecule has 0 aromatic heterocycles.